The van der Waals surface area contributed by atoms with Crippen LogP contribution in [0.15, 0.2) is 42.9 Å². The van der Waals surface area contributed by atoms with Crippen LogP contribution < -0.4 is 10.1 Å². The second-order valence-corrected chi connectivity index (χ2v) is 11.1. The number of methoxy groups -OCH3 is 1. The zero-order valence-electron chi connectivity index (χ0n) is 22.1. The highest BCUT2D eigenvalue weighted by Crippen LogP contribution is 2.36. The summed E-state index contributed by atoms with van der Waals surface area (Å²) < 4.78 is 19.9. The summed E-state index contributed by atoms with van der Waals surface area (Å²) in [7, 11) is 1.56. The highest BCUT2D eigenvalue weighted by atomic mass is 19.1. The van der Waals surface area contributed by atoms with Gasteiger partial charge in [0.05, 0.1) is 25.9 Å². The molecule has 1 fully saturated rings. The van der Waals surface area contributed by atoms with Crippen molar-refractivity contribution in [3.05, 3.63) is 54.2 Å². The van der Waals surface area contributed by atoms with Crippen molar-refractivity contribution in [2.75, 3.05) is 25.5 Å². The number of pyridine rings is 1. The van der Waals surface area contributed by atoms with Gasteiger partial charge in [-0.2, -0.15) is 0 Å². The summed E-state index contributed by atoms with van der Waals surface area (Å²) in [6.07, 6.45) is 3.70. The fourth-order valence-corrected chi connectivity index (χ4v) is 5.13. The van der Waals surface area contributed by atoms with Crippen LogP contribution in [-0.4, -0.2) is 61.8 Å². The van der Waals surface area contributed by atoms with E-state index in [4.69, 9.17) is 4.74 Å². The van der Waals surface area contributed by atoms with E-state index >= 15 is 0 Å². The van der Waals surface area contributed by atoms with E-state index in [9.17, 15) is 14.3 Å². The number of rotatable bonds is 5. The Hall–Kier alpha value is -4.05. The van der Waals surface area contributed by atoms with Gasteiger partial charge in [0.2, 0.25) is 5.88 Å². The van der Waals surface area contributed by atoms with E-state index in [0.29, 0.717) is 45.8 Å². The Labute approximate surface area is 220 Å². The smallest absolute Gasteiger partial charge is 0.322 e. The lowest BCUT2D eigenvalue weighted by Gasteiger charge is -2.48. The maximum Gasteiger partial charge on any atom is 0.322 e. The predicted octanol–water partition coefficient (Wildman–Crippen LogP) is 5.16. The normalized spacial score (nSPS) is 14.9. The Morgan fingerprint density at radius 2 is 1.97 bits per heavy atom. The number of nitrogens with zero attached hydrogens (tertiary/aromatic N) is 4. The van der Waals surface area contributed by atoms with Crippen molar-refractivity contribution < 1.29 is 19.0 Å². The molecule has 1 aromatic carbocycles. The third kappa shape index (κ3) is 5.04. The van der Waals surface area contributed by atoms with Gasteiger partial charge in [-0.15, -0.1) is 0 Å². The molecule has 0 atom stereocenters. The molecule has 1 aliphatic rings. The first kappa shape index (κ1) is 25.6. The first-order valence-electron chi connectivity index (χ1n) is 12.4. The van der Waals surface area contributed by atoms with Gasteiger partial charge < -0.3 is 25.0 Å². The van der Waals surface area contributed by atoms with Gasteiger partial charge in [0.1, 0.15) is 23.4 Å². The lowest BCUT2D eigenvalue weighted by Crippen LogP contribution is -2.65. The van der Waals surface area contributed by atoms with E-state index in [0.717, 1.165) is 11.3 Å². The van der Waals surface area contributed by atoms with Gasteiger partial charge in [-0.25, -0.2) is 24.1 Å². The molecule has 0 bridgehead atoms. The average Bonchev–Trinajstić information content (AvgIpc) is 3.28. The largest absolute Gasteiger partial charge is 0.481 e. The minimum absolute atomic E-state index is 0.0593. The number of hydrogen-bond donors (Lipinski definition) is 3. The Kier molecular flexibility index (Phi) is 6.30. The van der Waals surface area contributed by atoms with Crippen molar-refractivity contribution in [1.82, 2.24) is 24.8 Å². The quantitative estimate of drug-likeness (QED) is 0.336. The molecule has 10 heteroatoms. The number of urea groups is 1. The Balaban J connectivity index is 1.42. The van der Waals surface area contributed by atoms with Crippen LogP contribution in [-0.2, 0) is 0 Å². The van der Waals surface area contributed by atoms with Crippen LogP contribution in [0.25, 0.3) is 33.5 Å². The molecule has 2 amide bonds. The van der Waals surface area contributed by atoms with E-state index in [1.807, 2.05) is 19.1 Å². The zero-order valence-corrected chi connectivity index (χ0v) is 22.1. The third-order valence-electron chi connectivity index (χ3n) is 6.67. The molecule has 9 nitrogen and oxygen atoms in total. The first-order chi connectivity index (χ1) is 17.9. The molecule has 198 valence electrons. The number of ether oxygens (including phenoxy) is 1. The molecule has 3 N–H and O–H groups in total. The summed E-state index contributed by atoms with van der Waals surface area (Å²) >= 11 is 0. The number of halogens is 1. The van der Waals surface area contributed by atoms with E-state index in [1.165, 1.54) is 23.4 Å². The maximum absolute atomic E-state index is 14.8. The average molecular weight is 519 g/mol. The van der Waals surface area contributed by atoms with Gasteiger partial charge in [0.25, 0.3) is 0 Å². The highest BCUT2D eigenvalue weighted by Gasteiger charge is 2.45. The molecule has 1 aliphatic heterocycles. The van der Waals surface area contributed by atoms with E-state index < -0.39 is 11.4 Å². The molecule has 4 aromatic rings. The second-order valence-electron chi connectivity index (χ2n) is 11.1. The fourth-order valence-electron chi connectivity index (χ4n) is 5.13. The van der Waals surface area contributed by atoms with E-state index in [2.05, 4.69) is 46.0 Å². The summed E-state index contributed by atoms with van der Waals surface area (Å²) in [5.74, 6) is 0.00281. The topological polar surface area (TPSA) is 116 Å². The molecule has 0 unspecified atom stereocenters. The van der Waals surface area contributed by atoms with Crippen LogP contribution in [0.1, 0.15) is 32.8 Å². The zero-order chi connectivity index (χ0) is 27.2. The van der Waals surface area contributed by atoms with E-state index in [1.54, 1.807) is 19.4 Å². The van der Waals surface area contributed by atoms with Gasteiger partial charge in [-0.3, -0.25) is 0 Å². The predicted molar refractivity (Wildman–Crippen MR) is 143 cm³/mol. The standard InChI is InChI=1S/C28H31FN6O3/c1-16-19(8-18(29)9-21(16)34-26(36)35-13-28(37,14-35)12-27(2,3)4)24-20-10-22(33-25(20)32-15-31-24)17-6-7-23(38-5)30-11-17/h6-11,15,37H,12-14H2,1-5H3,(H,34,36)(H,31,32,33). The van der Waals surface area contributed by atoms with Gasteiger partial charge >= 0.3 is 6.03 Å². The molecule has 38 heavy (non-hydrogen) atoms. The van der Waals surface area contributed by atoms with Crippen molar-refractivity contribution in [2.45, 2.75) is 39.7 Å². The summed E-state index contributed by atoms with van der Waals surface area (Å²) in [5, 5.41) is 14.3. The number of amides is 2. The SMILES string of the molecule is COc1ccc(-c2cc3c(-c4cc(F)cc(NC(=O)N5CC(O)(CC(C)(C)C)C5)c4C)ncnc3[nH]2)cn1. The molecule has 0 radical (unpaired) electrons. The van der Waals surface area contributed by atoms with Crippen molar-refractivity contribution in [3.8, 4) is 28.4 Å². The van der Waals surface area contributed by atoms with Crippen molar-refractivity contribution in [2.24, 2.45) is 5.41 Å². The number of hydrogen-bond acceptors (Lipinski definition) is 6. The molecule has 5 rings (SSSR count). The molecule has 0 saturated carbocycles. The Bertz CT molecular complexity index is 1500. The lowest BCUT2D eigenvalue weighted by molar-refractivity contribution is -0.0965. The van der Waals surface area contributed by atoms with Crippen LogP contribution in [0.2, 0.25) is 0 Å². The summed E-state index contributed by atoms with van der Waals surface area (Å²) in [6.45, 7) is 8.43. The third-order valence-corrected chi connectivity index (χ3v) is 6.67. The van der Waals surface area contributed by atoms with Crippen LogP contribution in [0.3, 0.4) is 0 Å². The monoisotopic (exact) mass is 518 g/mol. The number of carbonyl (C=O) groups is 1. The number of H-pyrrole nitrogens is 1. The number of likely N-dealkylation sites (tertiary alicyclic amines) is 1. The summed E-state index contributed by atoms with van der Waals surface area (Å²) in [6, 6.07) is 7.85. The summed E-state index contributed by atoms with van der Waals surface area (Å²) in [4.78, 5) is 30.8. The number of aromatic nitrogens is 4. The summed E-state index contributed by atoms with van der Waals surface area (Å²) in [5.41, 5.74) is 3.32. The van der Waals surface area contributed by atoms with E-state index in [-0.39, 0.29) is 24.5 Å². The highest BCUT2D eigenvalue weighted by molar-refractivity contribution is 5.97. The lowest BCUT2D eigenvalue weighted by atomic mass is 9.78. The molecular formula is C28H31FN6O3. The number of fused-ring (bicyclic) bond motifs is 1. The van der Waals surface area contributed by atoms with Crippen LogP contribution in [0, 0.1) is 18.2 Å². The minimum Gasteiger partial charge on any atom is -0.481 e. The first-order valence-corrected chi connectivity index (χ1v) is 12.4. The number of carbonyl (C=O) groups excluding carboxylic acids is 1. The number of nitrogens with one attached hydrogen (secondary N) is 2. The maximum atomic E-state index is 14.8. The number of benzene rings is 1. The van der Waals surface area contributed by atoms with Crippen LogP contribution in [0.5, 0.6) is 5.88 Å². The number of anilines is 1. The van der Waals surface area contributed by atoms with Crippen molar-refractivity contribution >= 4 is 22.8 Å². The molecular weight excluding hydrogens is 487 g/mol. The molecule has 1 saturated heterocycles. The van der Waals surface area contributed by atoms with Crippen LogP contribution >= 0.6 is 0 Å². The molecule has 3 aromatic heterocycles. The Morgan fingerprint density at radius 1 is 1.21 bits per heavy atom. The van der Waals surface area contributed by atoms with Gasteiger partial charge in [0, 0.05) is 40.2 Å². The Morgan fingerprint density at radius 3 is 2.63 bits per heavy atom. The minimum atomic E-state index is -0.907. The number of aromatic amines is 1. The van der Waals surface area contributed by atoms with Crippen LogP contribution in [0.4, 0.5) is 14.9 Å². The van der Waals surface area contributed by atoms with Gasteiger partial charge in [-0.05, 0) is 48.6 Å². The number of β-amino-alcohol motifs (C(OH)–C–C–N with tert-alkyl or cyclic N) is 1. The molecule has 0 aliphatic carbocycles. The van der Waals surface area contributed by atoms with Crippen molar-refractivity contribution in [1.29, 1.82) is 0 Å². The van der Waals surface area contributed by atoms with Gasteiger partial charge in [0.15, 0.2) is 0 Å². The van der Waals surface area contributed by atoms with Crippen molar-refractivity contribution in [3.63, 3.8) is 0 Å². The second kappa shape index (κ2) is 9.36. The van der Waals surface area contributed by atoms with Gasteiger partial charge in [-0.1, -0.05) is 20.8 Å². The fraction of sp³-hybridized carbons (Fsp3) is 0.357. The number of aliphatic hydroxyl groups is 1. The molecule has 4 heterocycles. The molecule has 0 spiro atoms.